The van der Waals surface area contributed by atoms with E-state index in [1.54, 1.807) is 0 Å². The molecule has 4 heteroatoms. The summed E-state index contributed by atoms with van der Waals surface area (Å²) in [5.41, 5.74) is 1.02. The highest BCUT2D eigenvalue weighted by atomic mass is 16.4. The maximum Gasteiger partial charge on any atom is 0.404 e. The van der Waals surface area contributed by atoms with Crippen molar-refractivity contribution in [2.24, 2.45) is 0 Å². The first-order valence-electron chi connectivity index (χ1n) is 6.35. The van der Waals surface area contributed by atoms with Gasteiger partial charge >= 0.3 is 6.09 Å². The minimum Gasteiger partial charge on any atom is -0.465 e. The van der Waals surface area contributed by atoms with Gasteiger partial charge in [0.2, 0.25) is 0 Å². The molecule has 0 aromatic heterocycles. The third-order valence-electron chi connectivity index (χ3n) is 2.93. The Morgan fingerprint density at radius 3 is 2.56 bits per heavy atom. The number of hydrogen-bond acceptors (Lipinski definition) is 2. The van der Waals surface area contributed by atoms with Gasteiger partial charge < -0.3 is 15.5 Å². The molecule has 0 saturated carbocycles. The number of amides is 1. The highest BCUT2D eigenvalue weighted by molar-refractivity contribution is 5.65. The summed E-state index contributed by atoms with van der Waals surface area (Å²) in [5.74, 6) is 0. The molecule has 4 nitrogen and oxygen atoms in total. The number of carbonyl (C=O) groups is 1. The lowest BCUT2D eigenvalue weighted by Crippen LogP contribution is -2.44. The van der Waals surface area contributed by atoms with Crippen molar-refractivity contribution in [1.29, 1.82) is 0 Å². The van der Waals surface area contributed by atoms with Crippen molar-refractivity contribution >= 4 is 6.09 Å². The van der Waals surface area contributed by atoms with Crippen LogP contribution in [0, 0.1) is 0 Å². The number of unbranched alkanes of at least 4 members (excludes halogenated alkanes) is 1. The summed E-state index contributed by atoms with van der Waals surface area (Å²) >= 11 is 0. The van der Waals surface area contributed by atoms with Crippen molar-refractivity contribution < 1.29 is 15.0 Å². The molecule has 1 aromatic carbocycles. The number of rotatable bonds is 7. The molecule has 0 fully saturated rings. The SMILES string of the molecule is CCCC[C@@H](O)[C@H](Cc1ccccc1)NC(=O)O. The van der Waals surface area contributed by atoms with Gasteiger partial charge in [0.15, 0.2) is 0 Å². The van der Waals surface area contributed by atoms with Gasteiger partial charge in [-0.3, -0.25) is 0 Å². The largest absolute Gasteiger partial charge is 0.465 e. The van der Waals surface area contributed by atoms with E-state index in [4.69, 9.17) is 5.11 Å². The van der Waals surface area contributed by atoms with Crippen LogP contribution in [0.3, 0.4) is 0 Å². The van der Waals surface area contributed by atoms with Crippen LogP contribution in [0.1, 0.15) is 31.7 Å². The number of benzene rings is 1. The Balaban J connectivity index is 2.63. The van der Waals surface area contributed by atoms with Crippen LogP contribution in [0.15, 0.2) is 30.3 Å². The van der Waals surface area contributed by atoms with Gasteiger partial charge in [0.1, 0.15) is 0 Å². The first kappa shape index (κ1) is 14.5. The average molecular weight is 251 g/mol. The van der Waals surface area contributed by atoms with E-state index in [2.05, 4.69) is 5.32 Å². The summed E-state index contributed by atoms with van der Waals surface area (Å²) in [5, 5.41) is 21.2. The third-order valence-corrected chi connectivity index (χ3v) is 2.93. The third kappa shape index (κ3) is 5.19. The topological polar surface area (TPSA) is 69.6 Å². The van der Waals surface area contributed by atoms with Gasteiger partial charge in [-0.2, -0.15) is 0 Å². The van der Waals surface area contributed by atoms with Crippen molar-refractivity contribution in [3.63, 3.8) is 0 Å². The Kier molecular flexibility index (Phi) is 6.22. The molecule has 100 valence electrons. The van der Waals surface area contributed by atoms with Gasteiger partial charge in [-0.25, -0.2) is 4.79 Å². The molecule has 0 saturated heterocycles. The van der Waals surface area contributed by atoms with E-state index in [1.165, 1.54) is 0 Å². The maximum absolute atomic E-state index is 10.8. The second-order valence-corrected chi connectivity index (χ2v) is 4.46. The lowest BCUT2D eigenvalue weighted by atomic mass is 9.98. The van der Waals surface area contributed by atoms with Crippen molar-refractivity contribution in [3.8, 4) is 0 Å². The number of aliphatic hydroxyl groups is 1. The van der Waals surface area contributed by atoms with Crippen molar-refractivity contribution in [3.05, 3.63) is 35.9 Å². The predicted molar refractivity (Wildman–Crippen MR) is 70.6 cm³/mol. The Morgan fingerprint density at radius 1 is 1.33 bits per heavy atom. The van der Waals surface area contributed by atoms with Gasteiger partial charge in [0.05, 0.1) is 12.1 Å². The van der Waals surface area contributed by atoms with E-state index in [1.807, 2.05) is 37.3 Å². The molecule has 18 heavy (non-hydrogen) atoms. The maximum atomic E-state index is 10.8. The number of hydrogen-bond donors (Lipinski definition) is 3. The fraction of sp³-hybridized carbons (Fsp3) is 0.500. The van der Waals surface area contributed by atoms with Crippen LogP contribution < -0.4 is 5.32 Å². The predicted octanol–water partition coefficient (Wildman–Crippen LogP) is 2.42. The molecule has 1 aromatic rings. The summed E-state index contributed by atoms with van der Waals surface area (Å²) < 4.78 is 0. The molecule has 2 atom stereocenters. The van der Waals surface area contributed by atoms with Gasteiger partial charge in [-0.05, 0) is 18.4 Å². The highest BCUT2D eigenvalue weighted by Crippen LogP contribution is 2.11. The van der Waals surface area contributed by atoms with E-state index < -0.39 is 18.2 Å². The Labute approximate surface area is 108 Å². The number of nitrogens with one attached hydrogen (secondary N) is 1. The highest BCUT2D eigenvalue weighted by Gasteiger charge is 2.20. The minimum absolute atomic E-state index is 0.448. The molecule has 1 rings (SSSR count). The van der Waals surface area contributed by atoms with Crippen LogP contribution in [-0.4, -0.2) is 28.5 Å². The van der Waals surface area contributed by atoms with Gasteiger partial charge in [-0.15, -0.1) is 0 Å². The molecule has 0 aliphatic heterocycles. The molecular weight excluding hydrogens is 230 g/mol. The second-order valence-electron chi connectivity index (χ2n) is 4.46. The number of carboxylic acid groups (broad SMARTS) is 1. The summed E-state index contributed by atoms with van der Waals surface area (Å²) in [6.45, 7) is 2.05. The van der Waals surface area contributed by atoms with Crippen LogP contribution in [0.25, 0.3) is 0 Å². The summed E-state index contributed by atoms with van der Waals surface area (Å²) in [6, 6.07) is 9.15. The van der Waals surface area contributed by atoms with Crippen molar-refractivity contribution in [1.82, 2.24) is 5.32 Å². The second kappa shape index (κ2) is 7.71. The first-order chi connectivity index (χ1) is 8.63. The standard InChI is InChI=1S/C14H21NO3/c1-2-3-9-13(16)12(15-14(17)18)10-11-7-5-4-6-8-11/h4-8,12-13,15-16H,2-3,9-10H2,1H3,(H,17,18)/t12-,13+/m0/s1. The molecule has 0 heterocycles. The van der Waals surface area contributed by atoms with Gasteiger partial charge in [0.25, 0.3) is 0 Å². The monoisotopic (exact) mass is 251 g/mol. The lowest BCUT2D eigenvalue weighted by molar-refractivity contribution is 0.110. The van der Waals surface area contributed by atoms with Crippen LogP contribution in [0.4, 0.5) is 4.79 Å². The molecule has 1 amide bonds. The smallest absolute Gasteiger partial charge is 0.404 e. The van der Waals surface area contributed by atoms with Crippen LogP contribution in [0.2, 0.25) is 0 Å². The van der Waals surface area contributed by atoms with Crippen molar-refractivity contribution in [2.75, 3.05) is 0 Å². The summed E-state index contributed by atoms with van der Waals surface area (Å²) in [4.78, 5) is 10.8. The molecule has 0 bridgehead atoms. The summed E-state index contributed by atoms with van der Waals surface area (Å²) in [7, 11) is 0. The normalized spacial score (nSPS) is 13.9. The van der Waals surface area contributed by atoms with E-state index in [0.717, 1.165) is 18.4 Å². The van der Waals surface area contributed by atoms with Crippen LogP contribution >= 0.6 is 0 Å². The molecule has 0 aliphatic carbocycles. The Bertz CT molecular complexity index is 353. The van der Waals surface area contributed by atoms with Gasteiger partial charge in [0, 0.05) is 0 Å². The minimum atomic E-state index is -1.09. The zero-order chi connectivity index (χ0) is 13.4. The molecule has 0 spiro atoms. The molecular formula is C14H21NO3. The zero-order valence-electron chi connectivity index (χ0n) is 10.7. The molecule has 0 radical (unpaired) electrons. The Hall–Kier alpha value is -1.55. The molecule has 0 aliphatic rings. The van der Waals surface area contributed by atoms with E-state index in [9.17, 15) is 9.90 Å². The fourth-order valence-corrected chi connectivity index (χ4v) is 1.92. The molecule has 3 N–H and O–H groups in total. The van der Waals surface area contributed by atoms with E-state index in [0.29, 0.717) is 12.8 Å². The first-order valence-corrected chi connectivity index (χ1v) is 6.35. The van der Waals surface area contributed by atoms with E-state index in [-0.39, 0.29) is 0 Å². The van der Waals surface area contributed by atoms with Crippen LogP contribution in [0.5, 0.6) is 0 Å². The molecule has 0 unspecified atom stereocenters. The Morgan fingerprint density at radius 2 is 2.00 bits per heavy atom. The van der Waals surface area contributed by atoms with Crippen molar-refractivity contribution in [2.45, 2.75) is 44.8 Å². The lowest BCUT2D eigenvalue weighted by Gasteiger charge is -2.23. The number of aliphatic hydroxyl groups excluding tert-OH is 1. The quantitative estimate of drug-likeness (QED) is 0.697. The zero-order valence-corrected chi connectivity index (χ0v) is 10.7. The fourth-order valence-electron chi connectivity index (χ4n) is 1.92. The average Bonchev–Trinajstić information content (AvgIpc) is 2.36. The van der Waals surface area contributed by atoms with E-state index >= 15 is 0 Å². The van der Waals surface area contributed by atoms with Crippen LogP contribution in [-0.2, 0) is 6.42 Å². The summed E-state index contributed by atoms with van der Waals surface area (Å²) in [6.07, 6.45) is 1.29. The van der Waals surface area contributed by atoms with Gasteiger partial charge in [-0.1, -0.05) is 50.1 Å².